The van der Waals surface area contributed by atoms with Gasteiger partial charge in [-0.2, -0.15) is 0 Å². The first-order valence-corrected chi connectivity index (χ1v) is 5.58. The molecule has 1 N–H and O–H groups in total. The van der Waals surface area contributed by atoms with Gasteiger partial charge in [0.15, 0.2) is 0 Å². The highest BCUT2D eigenvalue weighted by atomic mass is 16.1. The van der Waals surface area contributed by atoms with E-state index in [9.17, 15) is 4.79 Å². The van der Waals surface area contributed by atoms with Gasteiger partial charge in [0.2, 0.25) is 5.91 Å². The van der Waals surface area contributed by atoms with Gasteiger partial charge in [0.05, 0.1) is 0 Å². The summed E-state index contributed by atoms with van der Waals surface area (Å²) in [6.45, 7) is 4.95. The van der Waals surface area contributed by atoms with Crippen molar-refractivity contribution < 1.29 is 4.79 Å². The minimum absolute atomic E-state index is 0.0368. The van der Waals surface area contributed by atoms with Crippen molar-refractivity contribution in [2.45, 2.75) is 33.1 Å². The molecule has 2 heteroatoms. The van der Waals surface area contributed by atoms with Gasteiger partial charge in [-0.25, -0.2) is 0 Å². The number of unbranched alkanes of at least 4 members (excludes halogenated alkanes) is 1. The van der Waals surface area contributed by atoms with Gasteiger partial charge in [0.25, 0.3) is 0 Å². The van der Waals surface area contributed by atoms with Gasteiger partial charge >= 0.3 is 0 Å². The van der Waals surface area contributed by atoms with E-state index in [1.54, 1.807) is 6.08 Å². The fourth-order valence-electron chi connectivity index (χ4n) is 0.937. The van der Waals surface area contributed by atoms with Crippen LogP contribution in [0.2, 0.25) is 0 Å². The van der Waals surface area contributed by atoms with Crippen LogP contribution in [0.1, 0.15) is 33.1 Å². The lowest BCUT2D eigenvalue weighted by Gasteiger charge is -2.07. The van der Waals surface area contributed by atoms with Gasteiger partial charge in [0.1, 0.15) is 0 Å². The van der Waals surface area contributed by atoms with Crippen LogP contribution in [0.5, 0.6) is 0 Å². The molecule has 1 unspecified atom stereocenters. The average Bonchev–Trinajstić information content (AvgIpc) is 2.30. The van der Waals surface area contributed by atoms with Crippen LogP contribution in [0, 0.1) is 30.1 Å². The summed E-state index contributed by atoms with van der Waals surface area (Å²) in [5.41, 5.74) is 0. The molecule has 0 aromatic carbocycles. The Morgan fingerprint density at radius 1 is 1.56 bits per heavy atom. The van der Waals surface area contributed by atoms with Crippen LogP contribution < -0.4 is 5.32 Å². The molecule has 0 bridgehead atoms. The smallest absolute Gasteiger partial charge is 0.243 e. The molecule has 0 rings (SSSR count). The second-order valence-corrected chi connectivity index (χ2v) is 3.65. The molecule has 0 saturated heterocycles. The van der Waals surface area contributed by atoms with Crippen LogP contribution in [0.4, 0.5) is 0 Å². The molecule has 0 spiro atoms. The number of hydrogen-bond donors (Lipinski definition) is 1. The maximum atomic E-state index is 11.3. The van der Waals surface area contributed by atoms with E-state index in [0.29, 0.717) is 12.3 Å². The third kappa shape index (κ3) is 8.91. The summed E-state index contributed by atoms with van der Waals surface area (Å²) in [5, 5.41) is 2.84. The fourth-order valence-corrected chi connectivity index (χ4v) is 0.937. The Bertz CT molecular complexity index is 325. The molecular formula is C14H19NO. The standard InChI is InChI=1S/C14H19NO/c1-4-6-7-8-9-10-11-14(16)15-12-13(3)5-2/h1,10-11,13H,5,8-9,12H2,2-3H3,(H,15,16)/b11-10+. The number of amides is 1. The molecule has 0 radical (unpaired) electrons. The summed E-state index contributed by atoms with van der Waals surface area (Å²) in [5.74, 6) is 8.06. The molecule has 0 aliphatic heterocycles. The Kier molecular flexibility index (Phi) is 8.84. The first-order chi connectivity index (χ1) is 7.70. The molecular weight excluding hydrogens is 198 g/mol. The van der Waals surface area contributed by atoms with E-state index >= 15 is 0 Å². The lowest BCUT2D eigenvalue weighted by Crippen LogP contribution is -2.26. The van der Waals surface area contributed by atoms with E-state index in [1.165, 1.54) is 0 Å². The zero-order valence-electron chi connectivity index (χ0n) is 10.0. The highest BCUT2D eigenvalue weighted by Gasteiger charge is 1.99. The van der Waals surface area contributed by atoms with E-state index in [-0.39, 0.29) is 5.91 Å². The summed E-state index contributed by atoms with van der Waals surface area (Å²) >= 11 is 0. The molecule has 0 aromatic heterocycles. The van der Waals surface area contributed by atoms with Gasteiger partial charge in [0, 0.05) is 13.0 Å². The second kappa shape index (κ2) is 9.87. The molecule has 0 aromatic rings. The monoisotopic (exact) mass is 217 g/mol. The second-order valence-electron chi connectivity index (χ2n) is 3.65. The fraction of sp³-hybridized carbons (Fsp3) is 0.500. The van der Waals surface area contributed by atoms with Gasteiger partial charge in [-0.1, -0.05) is 32.3 Å². The number of terminal acetylenes is 1. The SMILES string of the molecule is C#CC#CCC/C=C/C(=O)NCC(C)CC. The van der Waals surface area contributed by atoms with Crippen LogP contribution >= 0.6 is 0 Å². The Balaban J connectivity index is 3.63. The van der Waals surface area contributed by atoms with E-state index in [1.807, 2.05) is 6.08 Å². The number of rotatable bonds is 6. The van der Waals surface area contributed by atoms with Gasteiger partial charge in [-0.05, 0) is 30.3 Å². The number of hydrogen-bond acceptors (Lipinski definition) is 1. The maximum absolute atomic E-state index is 11.3. The molecule has 1 amide bonds. The van der Waals surface area contributed by atoms with Gasteiger partial charge in [-0.15, -0.1) is 6.42 Å². The predicted molar refractivity (Wildman–Crippen MR) is 67.4 cm³/mol. The van der Waals surface area contributed by atoms with Crippen molar-refractivity contribution in [2.24, 2.45) is 5.92 Å². The quantitative estimate of drug-likeness (QED) is 0.412. The Hall–Kier alpha value is -1.67. The number of carbonyl (C=O) groups is 1. The van der Waals surface area contributed by atoms with E-state index in [0.717, 1.165) is 19.4 Å². The molecule has 2 nitrogen and oxygen atoms in total. The maximum Gasteiger partial charge on any atom is 0.243 e. The molecule has 0 saturated carbocycles. The van der Waals surface area contributed by atoms with E-state index in [2.05, 4.69) is 36.9 Å². The molecule has 0 aliphatic rings. The topological polar surface area (TPSA) is 29.1 Å². The molecule has 16 heavy (non-hydrogen) atoms. The first-order valence-electron chi connectivity index (χ1n) is 5.58. The first kappa shape index (κ1) is 14.3. The predicted octanol–water partition coefficient (Wildman–Crippen LogP) is 2.12. The van der Waals surface area contributed by atoms with Crippen molar-refractivity contribution in [2.75, 3.05) is 6.54 Å². The normalized spacial score (nSPS) is 11.3. The Morgan fingerprint density at radius 3 is 2.94 bits per heavy atom. The van der Waals surface area contributed by atoms with Crippen molar-refractivity contribution in [3.05, 3.63) is 12.2 Å². The zero-order chi connectivity index (χ0) is 12.2. The molecule has 0 aliphatic carbocycles. The third-order valence-electron chi connectivity index (χ3n) is 2.19. The summed E-state index contributed by atoms with van der Waals surface area (Å²) < 4.78 is 0. The van der Waals surface area contributed by atoms with Crippen molar-refractivity contribution in [3.63, 3.8) is 0 Å². The molecule has 0 fully saturated rings. The lowest BCUT2D eigenvalue weighted by atomic mass is 10.1. The minimum atomic E-state index is -0.0368. The lowest BCUT2D eigenvalue weighted by molar-refractivity contribution is -0.116. The van der Waals surface area contributed by atoms with Crippen LogP contribution in [-0.2, 0) is 4.79 Å². The summed E-state index contributed by atoms with van der Waals surface area (Å²) in [6.07, 6.45) is 10.9. The van der Waals surface area contributed by atoms with Gasteiger partial charge in [-0.3, -0.25) is 4.79 Å². The van der Waals surface area contributed by atoms with Crippen molar-refractivity contribution in [1.29, 1.82) is 0 Å². The number of carbonyl (C=O) groups excluding carboxylic acids is 1. The highest BCUT2D eigenvalue weighted by Crippen LogP contribution is 1.97. The average molecular weight is 217 g/mol. The van der Waals surface area contributed by atoms with Crippen molar-refractivity contribution in [3.8, 4) is 24.2 Å². The summed E-state index contributed by atoms with van der Waals surface area (Å²) in [4.78, 5) is 11.3. The highest BCUT2D eigenvalue weighted by molar-refractivity contribution is 5.87. The zero-order valence-corrected chi connectivity index (χ0v) is 10.0. The van der Waals surface area contributed by atoms with Crippen molar-refractivity contribution >= 4 is 5.91 Å². The van der Waals surface area contributed by atoms with Crippen LogP contribution in [-0.4, -0.2) is 12.5 Å². The molecule has 86 valence electrons. The Labute approximate surface area is 98.5 Å². The molecule has 1 atom stereocenters. The Morgan fingerprint density at radius 2 is 2.31 bits per heavy atom. The largest absolute Gasteiger partial charge is 0.352 e. The summed E-state index contributed by atoms with van der Waals surface area (Å²) in [7, 11) is 0. The van der Waals surface area contributed by atoms with E-state index in [4.69, 9.17) is 6.42 Å². The number of allylic oxidation sites excluding steroid dienone is 1. The molecule has 0 heterocycles. The van der Waals surface area contributed by atoms with Gasteiger partial charge < -0.3 is 5.32 Å². The minimum Gasteiger partial charge on any atom is -0.352 e. The van der Waals surface area contributed by atoms with Crippen LogP contribution in [0.25, 0.3) is 0 Å². The van der Waals surface area contributed by atoms with Crippen LogP contribution in [0.3, 0.4) is 0 Å². The van der Waals surface area contributed by atoms with Crippen molar-refractivity contribution in [1.82, 2.24) is 5.32 Å². The summed E-state index contributed by atoms with van der Waals surface area (Å²) in [6, 6.07) is 0. The number of nitrogens with one attached hydrogen (secondary N) is 1. The third-order valence-corrected chi connectivity index (χ3v) is 2.19. The van der Waals surface area contributed by atoms with Crippen LogP contribution in [0.15, 0.2) is 12.2 Å². The van der Waals surface area contributed by atoms with E-state index < -0.39 is 0 Å².